The van der Waals surface area contributed by atoms with E-state index >= 15 is 0 Å². The zero-order valence-corrected chi connectivity index (χ0v) is 20.8. The highest BCUT2D eigenvalue weighted by molar-refractivity contribution is 5.84. The van der Waals surface area contributed by atoms with E-state index in [0.29, 0.717) is 17.3 Å². The lowest BCUT2D eigenvalue weighted by molar-refractivity contribution is -0.140. The van der Waals surface area contributed by atoms with Crippen LogP contribution >= 0.6 is 0 Å². The molecule has 0 radical (unpaired) electrons. The molecule has 2 aromatic carbocycles. The maximum absolute atomic E-state index is 11.5. The van der Waals surface area contributed by atoms with Gasteiger partial charge in [0.25, 0.3) is 0 Å². The summed E-state index contributed by atoms with van der Waals surface area (Å²) >= 11 is 0. The third-order valence-corrected chi connectivity index (χ3v) is 6.59. The molecule has 0 saturated heterocycles. The van der Waals surface area contributed by atoms with Gasteiger partial charge in [-0.1, -0.05) is 49.7 Å². The molecule has 1 saturated carbocycles. The number of carboxylic acids is 1. The molecule has 184 valence electrons. The Balaban J connectivity index is 0.000000287. The van der Waals surface area contributed by atoms with Crippen molar-refractivity contribution >= 4 is 11.7 Å². The number of nitrogens with zero attached hydrogens (tertiary/aromatic N) is 3. The number of hydrogen-bond donors (Lipinski definition) is 3. The van der Waals surface area contributed by atoms with Crippen LogP contribution in [0.3, 0.4) is 0 Å². The Morgan fingerprint density at radius 2 is 2.06 bits per heavy atom. The van der Waals surface area contributed by atoms with Gasteiger partial charge in [-0.3, -0.25) is 9.48 Å². The minimum Gasteiger partial charge on any atom is -0.481 e. The molecular weight excluding hydrogens is 438 g/mol. The van der Waals surface area contributed by atoms with E-state index in [1.54, 1.807) is 6.07 Å². The number of nitrogens with one attached hydrogen (secondary N) is 1. The van der Waals surface area contributed by atoms with Crippen molar-refractivity contribution in [2.24, 2.45) is 7.05 Å². The van der Waals surface area contributed by atoms with Crippen molar-refractivity contribution in [1.82, 2.24) is 15.1 Å². The van der Waals surface area contributed by atoms with Crippen LogP contribution in [0, 0.1) is 18.3 Å². The second kappa shape index (κ2) is 11.7. The van der Waals surface area contributed by atoms with E-state index in [0.717, 1.165) is 49.8 Å². The summed E-state index contributed by atoms with van der Waals surface area (Å²) in [5, 5.41) is 25.9. The van der Waals surface area contributed by atoms with Crippen LogP contribution in [0.4, 0.5) is 5.69 Å². The number of rotatable bonds is 9. The highest BCUT2D eigenvalue weighted by Crippen LogP contribution is 2.48. The molecule has 1 aromatic heterocycles. The lowest BCUT2D eigenvalue weighted by Gasteiger charge is -2.17. The number of benzene rings is 2. The highest BCUT2D eigenvalue weighted by atomic mass is 16.4. The highest BCUT2D eigenvalue weighted by Gasteiger charge is 2.51. The number of nitrogen functional groups attached to an aromatic ring is 1. The Bertz CT molecular complexity index is 1190. The van der Waals surface area contributed by atoms with Crippen molar-refractivity contribution in [3.8, 4) is 6.07 Å². The topological polar surface area (TPSA) is 117 Å². The molecule has 0 amide bonds. The fraction of sp³-hybridized carbons (Fsp3) is 0.393. The zero-order valence-electron chi connectivity index (χ0n) is 20.8. The number of aromatic nitrogens is 2. The summed E-state index contributed by atoms with van der Waals surface area (Å²) in [6.07, 6.45) is 8.59. The molecule has 0 spiro atoms. The molecule has 1 aliphatic rings. The van der Waals surface area contributed by atoms with E-state index in [4.69, 9.17) is 11.0 Å². The number of hydrogen-bond acceptors (Lipinski definition) is 5. The molecule has 0 aliphatic heterocycles. The monoisotopic (exact) mass is 473 g/mol. The van der Waals surface area contributed by atoms with Crippen molar-refractivity contribution in [3.05, 3.63) is 82.7 Å². The van der Waals surface area contributed by atoms with Gasteiger partial charge in [0.1, 0.15) is 6.07 Å². The van der Waals surface area contributed by atoms with Gasteiger partial charge in [-0.05, 0) is 61.9 Å². The summed E-state index contributed by atoms with van der Waals surface area (Å²) in [7, 11) is 1.94. The van der Waals surface area contributed by atoms with E-state index in [-0.39, 0.29) is 0 Å². The summed E-state index contributed by atoms with van der Waals surface area (Å²) in [5.74, 6) is -0.692. The molecule has 35 heavy (non-hydrogen) atoms. The number of carbonyl (C=O) groups is 1. The van der Waals surface area contributed by atoms with Gasteiger partial charge in [-0.2, -0.15) is 10.4 Å². The van der Waals surface area contributed by atoms with Crippen LogP contribution in [0.5, 0.6) is 0 Å². The van der Waals surface area contributed by atoms with Crippen LogP contribution in [0.2, 0.25) is 0 Å². The second-order valence-corrected chi connectivity index (χ2v) is 9.23. The van der Waals surface area contributed by atoms with Crippen LogP contribution in [0.15, 0.2) is 54.9 Å². The van der Waals surface area contributed by atoms with Crippen LogP contribution in [-0.4, -0.2) is 27.4 Å². The Labute approximate surface area is 207 Å². The van der Waals surface area contributed by atoms with Gasteiger partial charge >= 0.3 is 5.97 Å². The van der Waals surface area contributed by atoms with Gasteiger partial charge in [-0.15, -0.1) is 0 Å². The molecule has 7 heteroatoms. The fourth-order valence-corrected chi connectivity index (χ4v) is 4.24. The molecule has 1 atom stereocenters. The third-order valence-electron chi connectivity index (χ3n) is 6.59. The maximum Gasteiger partial charge on any atom is 0.314 e. The minimum atomic E-state index is -0.692. The fourth-order valence-electron chi connectivity index (χ4n) is 4.24. The van der Waals surface area contributed by atoms with E-state index in [9.17, 15) is 9.90 Å². The predicted octanol–water partition coefficient (Wildman–Crippen LogP) is 4.66. The molecule has 1 aliphatic carbocycles. The van der Waals surface area contributed by atoms with E-state index in [2.05, 4.69) is 35.7 Å². The van der Waals surface area contributed by atoms with Crippen molar-refractivity contribution in [1.29, 1.82) is 5.26 Å². The molecular formula is C28H35N5O2. The molecule has 1 fully saturated rings. The molecule has 7 nitrogen and oxygen atoms in total. The first-order valence-electron chi connectivity index (χ1n) is 12.1. The third kappa shape index (κ3) is 6.49. The van der Waals surface area contributed by atoms with Crippen LogP contribution in [-0.2, 0) is 23.7 Å². The molecule has 1 unspecified atom stereocenters. The Morgan fingerprint density at radius 3 is 2.63 bits per heavy atom. The van der Waals surface area contributed by atoms with Gasteiger partial charge in [0, 0.05) is 24.8 Å². The van der Waals surface area contributed by atoms with Crippen molar-refractivity contribution in [3.63, 3.8) is 0 Å². The zero-order chi connectivity index (χ0) is 25.4. The Kier molecular flexibility index (Phi) is 8.67. The molecule has 4 rings (SSSR count). The Hall–Kier alpha value is -3.63. The first-order chi connectivity index (χ1) is 16.8. The van der Waals surface area contributed by atoms with Gasteiger partial charge in [0.15, 0.2) is 0 Å². The summed E-state index contributed by atoms with van der Waals surface area (Å²) in [5.41, 5.74) is 10.4. The molecule has 3 aromatic rings. The predicted molar refractivity (Wildman–Crippen MR) is 138 cm³/mol. The standard InChI is InChI=1S/C20H27N3O2.C8H8N2/c1-3-5-18(16-13-22-23(2)14-16)21-11-8-15-6-4-7-17(12-15)20(9-10-20)19(24)25;1-6-3-2-4-7(5-9)8(6)10/h4,6-7,12-14,18,21H,3,5,8-11H2,1-2H3,(H,24,25);2-4H,10H2,1H3. The van der Waals surface area contributed by atoms with Crippen LogP contribution in [0.25, 0.3) is 0 Å². The summed E-state index contributed by atoms with van der Waals surface area (Å²) in [4.78, 5) is 11.5. The van der Waals surface area contributed by atoms with Crippen molar-refractivity contribution in [2.75, 3.05) is 12.3 Å². The van der Waals surface area contributed by atoms with Gasteiger partial charge in [0.05, 0.1) is 22.9 Å². The Morgan fingerprint density at radius 1 is 1.31 bits per heavy atom. The van der Waals surface area contributed by atoms with Crippen molar-refractivity contribution in [2.45, 2.75) is 57.4 Å². The number of aliphatic carboxylic acids is 1. The van der Waals surface area contributed by atoms with Gasteiger partial charge in [-0.25, -0.2) is 0 Å². The van der Waals surface area contributed by atoms with Gasteiger partial charge in [0.2, 0.25) is 0 Å². The maximum atomic E-state index is 11.5. The lowest BCUT2D eigenvalue weighted by atomic mass is 9.94. The van der Waals surface area contributed by atoms with E-state index < -0.39 is 11.4 Å². The number of nitriles is 1. The summed E-state index contributed by atoms with van der Waals surface area (Å²) < 4.78 is 1.84. The molecule has 4 N–H and O–H groups in total. The quantitative estimate of drug-likeness (QED) is 0.389. The van der Waals surface area contributed by atoms with Crippen LogP contribution < -0.4 is 11.1 Å². The smallest absolute Gasteiger partial charge is 0.314 e. The number of aryl methyl sites for hydroxylation is 2. The first-order valence-corrected chi connectivity index (χ1v) is 12.1. The summed E-state index contributed by atoms with van der Waals surface area (Å²) in [6.45, 7) is 4.94. The van der Waals surface area contributed by atoms with Crippen molar-refractivity contribution < 1.29 is 9.90 Å². The number of anilines is 1. The second-order valence-electron chi connectivity index (χ2n) is 9.23. The van der Waals surface area contributed by atoms with E-state index in [1.807, 2.05) is 55.2 Å². The minimum absolute atomic E-state index is 0.315. The average molecular weight is 474 g/mol. The van der Waals surface area contributed by atoms with Gasteiger partial charge < -0.3 is 16.2 Å². The largest absolute Gasteiger partial charge is 0.481 e. The molecule has 0 bridgehead atoms. The average Bonchev–Trinajstić information content (AvgIpc) is 3.56. The molecule has 1 heterocycles. The van der Waals surface area contributed by atoms with Crippen LogP contribution in [0.1, 0.15) is 66.5 Å². The number of para-hydroxylation sites is 1. The van der Waals surface area contributed by atoms with E-state index in [1.165, 1.54) is 11.1 Å². The lowest BCUT2D eigenvalue weighted by Crippen LogP contribution is -2.24. The number of nitrogens with two attached hydrogens (primary N) is 1. The normalized spacial score (nSPS) is 14.3. The SMILES string of the molecule is CCCC(NCCc1cccc(C2(C(=O)O)CC2)c1)c1cnn(C)c1.Cc1cccc(C#N)c1N. The number of carboxylic acid groups (broad SMARTS) is 1. The first kappa shape index (κ1) is 26.0. The summed E-state index contributed by atoms with van der Waals surface area (Å²) in [6, 6.07) is 15.8.